The number of thioether (sulfide) groups is 1. The zero-order valence-electron chi connectivity index (χ0n) is 7.71. The zero-order chi connectivity index (χ0) is 12.7. The highest BCUT2D eigenvalue weighted by Crippen LogP contribution is 2.57. The number of rotatable bonds is 1. The van der Waals surface area contributed by atoms with Crippen LogP contribution in [0.5, 0.6) is 0 Å². The van der Waals surface area contributed by atoms with Crippen LogP contribution < -0.4 is 0 Å². The topological polar surface area (TPSA) is 0 Å². The predicted octanol–water partition coefficient (Wildman–Crippen LogP) is 5.64. The van der Waals surface area contributed by atoms with Crippen LogP contribution in [0, 0.1) is 5.92 Å². The fourth-order valence-electron chi connectivity index (χ4n) is 1.11. The van der Waals surface area contributed by atoms with E-state index >= 15 is 0 Å². The average Bonchev–Trinajstić information content (AvgIpc) is 2.10. The van der Waals surface area contributed by atoms with Crippen LogP contribution in [-0.4, -0.2) is 9.71 Å². The van der Waals surface area contributed by atoms with E-state index in [9.17, 15) is 13.2 Å². The van der Waals surface area contributed by atoms with Crippen LogP contribution in [0.4, 0.5) is 13.2 Å². The molecule has 0 spiro atoms. The van der Waals surface area contributed by atoms with Crippen molar-refractivity contribution < 1.29 is 13.2 Å². The smallest absolute Gasteiger partial charge is 0.160 e. The van der Waals surface area contributed by atoms with Gasteiger partial charge in [-0.05, 0) is 11.8 Å². The number of hydrogen-bond donors (Lipinski definition) is 0. The van der Waals surface area contributed by atoms with Gasteiger partial charge in [-0.15, -0.1) is 0 Å². The number of alkyl halides is 4. The molecular weight excluding hydrogens is 327 g/mol. The standard InChI is InChI=1S/C8H5Cl4F3S/c1-3-2-4(9)7(12,6(11)5(3)10)16-8(13,14)15/h2-3H,1H3. The molecule has 8 heteroatoms. The monoisotopic (exact) mass is 330 g/mol. The summed E-state index contributed by atoms with van der Waals surface area (Å²) in [5, 5.41) is -0.408. The van der Waals surface area contributed by atoms with Crippen molar-refractivity contribution in [3.05, 3.63) is 21.2 Å². The van der Waals surface area contributed by atoms with Crippen molar-refractivity contribution in [2.75, 3.05) is 0 Å². The van der Waals surface area contributed by atoms with Gasteiger partial charge >= 0.3 is 5.51 Å². The van der Waals surface area contributed by atoms with E-state index in [0.29, 0.717) is 0 Å². The number of halogens is 7. The summed E-state index contributed by atoms with van der Waals surface area (Å²) < 4.78 is 34.9. The molecular formula is C8H5Cl4F3S. The molecule has 1 aliphatic rings. The SMILES string of the molecule is CC1C=C(Cl)C(Cl)(SC(F)(F)F)C(Cl)=C1Cl. The molecule has 0 fully saturated rings. The van der Waals surface area contributed by atoms with Crippen molar-refractivity contribution in [3.8, 4) is 0 Å². The number of allylic oxidation sites excluding steroid dienone is 2. The Hall–Kier alpha value is 0.780. The summed E-state index contributed by atoms with van der Waals surface area (Å²) in [7, 11) is 0. The van der Waals surface area contributed by atoms with E-state index in [0.717, 1.165) is 0 Å². The van der Waals surface area contributed by atoms with Crippen LogP contribution in [0.15, 0.2) is 21.2 Å². The van der Waals surface area contributed by atoms with Crippen LogP contribution in [0.1, 0.15) is 6.92 Å². The quantitative estimate of drug-likeness (QED) is 0.560. The van der Waals surface area contributed by atoms with E-state index in [1.807, 2.05) is 0 Å². The van der Waals surface area contributed by atoms with Crippen LogP contribution >= 0.6 is 58.2 Å². The van der Waals surface area contributed by atoms with Gasteiger partial charge in [0.15, 0.2) is 4.21 Å². The summed E-state index contributed by atoms with van der Waals surface area (Å²) >= 11 is 22.5. The fraction of sp³-hybridized carbons (Fsp3) is 0.500. The first-order valence-electron chi connectivity index (χ1n) is 3.97. The zero-order valence-corrected chi connectivity index (χ0v) is 11.5. The Kier molecular flexibility index (Phi) is 4.46. The van der Waals surface area contributed by atoms with Gasteiger partial charge in [-0.25, -0.2) is 0 Å². The van der Waals surface area contributed by atoms with Crippen molar-refractivity contribution in [3.63, 3.8) is 0 Å². The summed E-state index contributed by atoms with van der Waals surface area (Å²) in [6, 6.07) is 0. The lowest BCUT2D eigenvalue weighted by molar-refractivity contribution is -0.0332. The predicted molar refractivity (Wildman–Crippen MR) is 64.1 cm³/mol. The maximum atomic E-state index is 12.3. The third kappa shape index (κ3) is 2.96. The fourth-order valence-corrected chi connectivity index (χ4v) is 3.37. The summed E-state index contributed by atoms with van der Waals surface area (Å²) in [5.74, 6) is -0.345. The molecule has 0 amide bonds. The largest absolute Gasteiger partial charge is 0.444 e. The lowest BCUT2D eigenvalue weighted by atomic mass is 10.0. The molecule has 1 aliphatic carbocycles. The molecule has 2 unspecified atom stereocenters. The molecule has 2 atom stereocenters. The third-order valence-electron chi connectivity index (χ3n) is 1.85. The molecule has 0 saturated carbocycles. The summed E-state index contributed by atoms with van der Waals surface area (Å²) in [5.41, 5.74) is -4.56. The highest BCUT2D eigenvalue weighted by molar-refractivity contribution is 8.03. The molecule has 0 heterocycles. The molecule has 0 aromatic rings. The van der Waals surface area contributed by atoms with Gasteiger partial charge in [0, 0.05) is 11.0 Å². The van der Waals surface area contributed by atoms with Crippen molar-refractivity contribution in [1.82, 2.24) is 0 Å². The Labute approximate surface area is 115 Å². The van der Waals surface area contributed by atoms with Gasteiger partial charge in [-0.1, -0.05) is 59.4 Å². The minimum atomic E-state index is -4.56. The summed E-state index contributed by atoms with van der Waals surface area (Å²) in [6.07, 6.45) is 1.35. The van der Waals surface area contributed by atoms with Crippen molar-refractivity contribution >= 4 is 58.2 Å². The molecule has 0 aliphatic heterocycles. The Morgan fingerprint density at radius 3 is 2.25 bits per heavy atom. The third-order valence-corrected chi connectivity index (χ3v) is 5.36. The van der Waals surface area contributed by atoms with Crippen LogP contribution in [0.2, 0.25) is 0 Å². The minimum absolute atomic E-state index is 0.0674. The lowest BCUT2D eigenvalue weighted by Crippen LogP contribution is -2.27. The van der Waals surface area contributed by atoms with E-state index in [-0.39, 0.29) is 21.0 Å². The summed E-state index contributed by atoms with van der Waals surface area (Å²) in [6.45, 7) is 1.65. The highest BCUT2D eigenvalue weighted by atomic mass is 35.5. The second-order valence-corrected chi connectivity index (χ2v) is 6.37. The molecule has 0 aromatic heterocycles. The van der Waals surface area contributed by atoms with Gasteiger partial charge in [-0.3, -0.25) is 0 Å². The Balaban J connectivity index is 3.16. The first kappa shape index (κ1) is 14.8. The molecule has 1 rings (SSSR count). The molecule has 0 saturated heterocycles. The van der Waals surface area contributed by atoms with E-state index in [4.69, 9.17) is 46.4 Å². The lowest BCUT2D eigenvalue weighted by Gasteiger charge is -2.31. The molecule has 0 radical (unpaired) electrons. The van der Waals surface area contributed by atoms with E-state index in [1.165, 1.54) is 6.08 Å². The summed E-state index contributed by atoms with van der Waals surface area (Å²) in [4.78, 5) is 0. The molecule has 0 N–H and O–H groups in total. The van der Waals surface area contributed by atoms with Gasteiger partial charge in [0.05, 0.1) is 10.1 Å². The van der Waals surface area contributed by atoms with E-state index in [2.05, 4.69) is 0 Å². The molecule has 0 aromatic carbocycles. The molecule has 92 valence electrons. The Morgan fingerprint density at radius 1 is 1.31 bits per heavy atom. The van der Waals surface area contributed by atoms with Crippen LogP contribution in [0.3, 0.4) is 0 Å². The first-order valence-corrected chi connectivity index (χ1v) is 6.30. The van der Waals surface area contributed by atoms with Crippen molar-refractivity contribution in [2.45, 2.75) is 16.6 Å². The maximum absolute atomic E-state index is 12.3. The highest BCUT2D eigenvalue weighted by Gasteiger charge is 2.49. The Morgan fingerprint density at radius 2 is 1.81 bits per heavy atom. The van der Waals surface area contributed by atoms with Crippen LogP contribution in [-0.2, 0) is 0 Å². The van der Waals surface area contributed by atoms with Crippen molar-refractivity contribution in [2.24, 2.45) is 5.92 Å². The van der Waals surface area contributed by atoms with E-state index < -0.39 is 21.5 Å². The van der Waals surface area contributed by atoms with Crippen molar-refractivity contribution in [1.29, 1.82) is 0 Å². The minimum Gasteiger partial charge on any atom is -0.160 e. The molecule has 0 bridgehead atoms. The average molecular weight is 332 g/mol. The molecule has 16 heavy (non-hydrogen) atoms. The normalized spacial score (nSPS) is 31.8. The maximum Gasteiger partial charge on any atom is 0.444 e. The molecule has 0 nitrogen and oxygen atoms in total. The first-order chi connectivity index (χ1) is 7.08. The van der Waals surface area contributed by atoms with Gasteiger partial charge in [0.1, 0.15) is 0 Å². The number of hydrogen-bond acceptors (Lipinski definition) is 1. The Bertz CT molecular complexity index is 363. The van der Waals surface area contributed by atoms with Gasteiger partial charge in [0.25, 0.3) is 0 Å². The second kappa shape index (κ2) is 4.81. The van der Waals surface area contributed by atoms with Gasteiger partial charge < -0.3 is 0 Å². The van der Waals surface area contributed by atoms with Crippen LogP contribution in [0.25, 0.3) is 0 Å². The van der Waals surface area contributed by atoms with E-state index in [1.54, 1.807) is 6.92 Å². The van der Waals surface area contributed by atoms with Gasteiger partial charge in [-0.2, -0.15) is 13.2 Å². The van der Waals surface area contributed by atoms with Gasteiger partial charge in [0.2, 0.25) is 0 Å². The second-order valence-electron chi connectivity index (χ2n) is 3.11.